The summed E-state index contributed by atoms with van der Waals surface area (Å²) in [5.74, 6) is 3.80. The molecule has 0 aliphatic heterocycles. The third-order valence-electron chi connectivity index (χ3n) is 22.6. The molecule has 8 aromatic heterocycles. The first-order valence-electron chi connectivity index (χ1n) is 39.9. The lowest BCUT2D eigenvalue weighted by atomic mass is 9.97. The molecule has 8 heterocycles. The fourth-order valence-electron chi connectivity index (χ4n) is 16.8. The van der Waals surface area contributed by atoms with Gasteiger partial charge >= 0.3 is 0 Å². The lowest BCUT2D eigenvalue weighted by Crippen LogP contribution is -2.00. The molecule has 0 aliphatic rings. The molecule has 24 aromatic rings. The fourth-order valence-corrected chi connectivity index (χ4v) is 21.6. The van der Waals surface area contributed by atoms with Crippen LogP contribution in [-0.4, -0.2) is 39.9 Å². The molecule has 0 amide bonds. The number of hydrogen-bond donors (Lipinski definition) is 0. The molecular weight excluding hydrogens is 1540 g/mol. The van der Waals surface area contributed by atoms with Crippen LogP contribution >= 0.6 is 45.3 Å². The predicted octanol–water partition coefficient (Wildman–Crippen LogP) is 30.3. The van der Waals surface area contributed by atoms with E-state index in [1.807, 2.05) is 113 Å². The Labute approximate surface area is 705 Å². The van der Waals surface area contributed by atoms with Crippen molar-refractivity contribution in [3.05, 3.63) is 388 Å². The van der Waals surface area contributed by atoms with Gasteiger partial charge in [-0.25, -0.2) is 39.9 Å². The molecule has 24 rings (SSSR count). The van der Waals surface area contributed by atoms with Crippen molar-refractivity contribution >= 4 is 148 Å². The molecule has 0 radical (unpaired) electrons. The Hall–Kier alpha value is -14.8. The zero-order valence-corrected chi connectivity index (χ0v) is 67.4. The van der Waals surface area contributed by atoms with E-state index in [1.165, 1.54) is 108 Å². The summed E-state index contributed by atoms with van der Waals surface area (Å²) in [4.78, 5) is 41.1. The highest BCUT2D eigenvalue weighted by Gasteiger charge is 2.23. The lowest BCUT2D eigenvalue weighted by Gasteiger charge is -2.12. The Morgan fingerprint density at radius 1 is 0.150 bits per heavy atom. The highest BCUT2D eigenvalue weighted by atomic mass is 32.1. The van der Waals surface area contributed by atoms with Gasteiger partial charge in [0.1, 0.15) is 0 Å². The van der Waals surface area contributed by atoms with Crippen LogP contribution in [0.2, 0.25) is 0 Å². The van der Waals surface area contributed by atoms with Crippen LogP contribution in [0.15, 0.2) is 388 Å². The quantitative estimate of drug-likeness (QED) is 0.119. The van der Waals surface area contributed by atoms with E-state index < -0.39 is 0 Å². The summed E-state index contributed by atoms with van der Waals surface area (Å²) in [6.07, 6.45) is 0. The van der Waals surface area contributed by atoms with Gasteiger partial charge in [-0.2, -0.15) is 0 Å². The molecular formula is C108H64N8S4. The Bertz CT molecular complexity index is 8110. The smallest absolute Gasteiger partial charge is 0.164 e. The minimum absolute atomic E-state index is 0.619. The highest BCUT2D eigenvalue weighted by Crippen LogP contribution is 2.48. The van der Waals surface area contributed by atoms with Gasteiger partial charge in [-0.1, -0.05) is 328 Å². The first-order valence-corrected chi connectivity index (χ1v) is 43.2. The first-order chi connectivity index (χ1) is 59.4. The van der Waals surface area contributed by atoms with Crippen LogP contribution in [0.3, 0.4) is 0 Å². The van der Waals surface area contributed by atoms with E-state index in [0.29, 0.717) is 34.9 Å². The summed E-state index contributed by atoms with van der Waals surface area (Å²) in [7, 11) is 0. The number of pyridine rings is 2. The molecule has 0 atom stereocenters. The van der Waals surface area contributed by atoms with Gasteiger partial charge in [-0.05, 0) is 105 Å². The van der Waals surface area contributed by atoms with Crippen LogP contribution < -0.4 is 0 Å². The van der Waals surface area contributed by atoms with Crippen molar-refractivity contribution < 1.29 is 0 Å². The molecule has 16 aromatic carbocycles. The Morgan fingerprint density at radius 2 is 0.450 bits per heavy atom. The van der Waals surface area contributed by atoms with Crippen LogP contribution in [0.1, 0.15) is 0 Å². The summed E-state index contributed by atoms with van der Waals surface area (Å²) in [5, 5.41) is 12.5. The van der Waals surface area contributed by atoms with Gasteiger partial charge in [0.2, 0.25) is 0 Å². The molecule has 0 unspecified atom stereocenters. The second kappa shape index (κ2) is 29.8. The molecule has 8 nitrogen and oxygen atoms in total. The number of thiophene rings is 4. The van der Waals surface area contributed by atoms with E-state index in [4.69, 9.17) is 39.9 Å². The summed E-state index contributed by atoms with van der Waals surface area (Å²) < 4.78 is 10.1. The zero-order chi connectivity index (χ0) is 79.1. The van der Waals surface area contributed by atoms with Crippen molar-refractivity contribution in [2.24, 2.45) is 0 Å². The molecule has 560 valence electrons. The maximum Gasteiger partial charge on any atom is 0.164 e. The summed E-state index contributed by atoms with van der Waals surface area (Å²) in [5.41, 5.74) is 20.8. The van der Waals surface area contributed by atoms with Gasteiger partial charge in [-0.3, -0.25) is 0 Å². The second-order valence-electron chi connectivity index (χ2n) is 30.0. The molecule has 0 fully saturated rings. The fraction of sp³-hybridized carbons (Fsp3) is 0. The van der Waals surface area contributed by atoms with Gasteiger partial charge in [0.25, 0.3) is 0 Å². The number of fused-ring (bicyclic) bond motifs is 16. The molecule has 0 aliphatic carbocycles. The van der Waals surface area contributed by atoms with E-state index in [-0.39, 0.29) is 0 Å². The van der Waals surface area contributed by atoms with E-state index in [1.54, 1.807) is 11.3 Å². The standard InChI is InChI=1S/2C54H32N4S2/c1-3-13-33(14-4-1)52-56-53(34-15-5-2-6-16-34)58-54(57-52)40-20-12-18-36(30-40)35-17-11-19-39(29-35)50-51-49(44-22-8-10-24-47(44)60-51)43-28-26-37(31-45(43)55-50)38-25-27-42-41-21-7-9-23-46(41)59-48(42)32-38;1-3-13-33(14-4-1)37-29-30-43-45(32-37)55-49(51-48(43)44-20-8-10-24-47(44)60-51)34-25-27-36(28-26-34)53-56-52(35-15-5-2-6-16-35)57-54(58-53)39-18-11-17-38(31-39)40-21-12-22-42-41-19-7-9-23-46(41)59-50(40)42/h2*1-32H. The van der Waals surface area contributed by atoms with Gasteiger partial charge in [0, 0.05) is 127 Å². The first kappa shape index (κ1) is 70.6. The van der Waals surface area contributed by atoms with Crippen molar-refractivity contribution in [1.82, 2.24) is 39.9 Å². The molecule has 120 heavy (non-hydrogen) atoms. The van der Waals surface area contributed by atoms with Crippen molar-refractivity contribution in [1.29, 1.82) is 0 Å². The summed E-state index contributed by atoms with van der Waals surface area (Å²) >= 11 is 7.32. The van der Waals surface area contributed by atoms with E-state index >= 15 is 0 Å². The molecule has 0 N–H and O–H groups in total. The van der Waals surface area contributed by atoms with Crippen LogP contribution in [0.25, 0.3) is 238 Å². The zero-order valence-electron chi connectivity index (χ0n) is 64.2. The maximum absolute atomic E-state index is 5.52. The van der Waals surface area contributed by atoms with Crippen LogP contribution in [0.4, 0.5) is 0 Å². The van der Waals surface area contributed by atoms with Crippen molar-refractivity contribution in [2.45, 2.75) is 0 Å². The van der Waals surface area contributed by atoms with Crippen LogP contribution in [-0.2, 0) is 0 Å². The minimum Gasteiger partial charge on any atom is -0.246 e. The molecule has 0 saturated heterocycles. The average molecular weight is 1600 g/mol. The van der Waals surface area contributed by atoms with Gasteiger partial charge < -0.3 is 0 Å². The van der Waals surface area contributed by atoms with E-state index in [2.05, 4.69) is 309 Å². The second-order valence-corrected chi connectivity index (χ2v) is 34.2. The molecule has 0 saturated carbocycles. The van der Waals surface area contributed by atoms with Gasteiger partial charge in [-0.15, -0.1) is 45.3 Å². The molecule has 0 bridgehead atoms. The van der Waals surface area contributed by atoms with Gasteiger partial charge in [0.05, 0.1) is 31.8 Å². The summed E-state index contributed by atoms with van der Waals surface area (Å²) in [6.45, 7) is 0. The lowest BCUT2D eigenvalue weighted by molar-refractivity contribution is 1.07. The number of hydrogen-bond acceptors (Lipinski definition) is 12. The highest BCUT2D eigenvalue weighted by molar-refractivity contribution is 7.27. The van der Waals surface area contributed by atoms with E-state index in [9.17, 15) is 0 Å². The average Bonchev–Trinajstić information content (AvgIpc) is 1.59. The van der Waals surface area contributed by atoms with Crippen LogP contribution in [0.5, 0.6) is 0 Å². The van der Waals surface area contributed by atoms with Crippen molar-refractivity contribution in [3.8, 4) is 135 Å². The van der Waals surface area contributed by atoms with Crippen LogP contribution in [0, 0.1) is 0 Å². The minimum atomic E-state index is 0.619. The molecule has 0 spiro atoms. The third kappa shape index (κ3) is 12.8. The Kier molecular flexibility index (Phi) is 17.5. The van der Waals surface area contributed by atoms with Gasteiger partial charge in [0.15, 0.2) is 34.9 Å². The molecule has 12 heteroatoms. The number of benzene rings is 16. The Morgan fingerprint density at radius 3 is 0.967 bits per heavy atom. The number of nitrogens with zero attached hydrogens (tertiary/aromatic N) is 8. The topological polar surface area (TPSA) is 103 Å². The van der Waals surface area contributed by atoms with Crippen molar-refractivity contribution in [3.63, 3.8) is 0 Å². The summed E-state index contributed by atoms with van der Waals surface area (Å²) in [6, 6.07) is 137. The number of rotatable bonds is 12. The predicted molar refractivity (Wildman–Crippen MR) is 507 cm³/mol. The third-order valence-corrected chi connectivity index (χ3v) is 27.4. The van der Waals surface area contributed by atoms with E-state index in [0.717, 1.165) is 94.7 Å². The largest absolute Gasteiger partial charge is 0.246 e. The Balaban J connectivity index is 0.000000140. The van der Waals surface area contributed by atoms with Crippen molar-refractivity contribution in [2.75, 3.05) is 0 Å². The monoisotopic (exact) mass is 1600 g/mol. The number of aromatic nitrogens is 8. The SMILES string of the molecule is c1ccc(-c2ccc3c(c2)nc(-c2ccc(-c4nc(-c5ccccc5)nc(-c5cccc(-c6cccc7c6sc6ccccc67)c5)n4)cc2)c2sc4ccccc4c23)cc1.c1ccc(-c2nc(-c3ccccc3)nc(-c3cccc(-c4cccc(-c5nc6cc(-c7ccc8c(c7)sc7ccccc78)ccc6c6c5sc5ccccc56)c4)c3)n2)cc1. The maximum atomic E-state index is 5.52. The normalized spacial score (nSPS) is 11.7.